The third kappa shape index (κ3) is 3.81. The molecule has 2 heterocycles. The van der Waals surface area contributed by atoms with E-state index in [2.05, 4.69) is 9.71 Å². The molecule has 0 bridgehead atoms. The van der Waals surface area contributed by atoms with E-state index in [1.54, 1.807) is 26.1 Å². The third-order valence-electron chi connectivity index (χ3n) is 4.73. The lowest BCUT2D eigenvalue weighted by atomic mass is 10.1. The van der Waals surface area contributed by atoms with Gasteiger partial charge in [0.05, 0.1) is 9.77 Å². The van der Waals surface area contributed by atoms with Crippen LogP contribution in [0.15, 0.2) is 51.9 Å². The summed E-state index contributed by atoms with van der Waals surface area (Å²) < 4.78 is 34.0. The van der Waals surface area contributed by atoms with Gasteiger partial charge in [0.25, 0.3) is 0 Å². The van der Waals surface area contributed by atoms with Crippen LogP contribution in [0.5, 0.6) is 0 Å². The molecule has 1 atom stereocenters. The standard InChI is InChI=1S/C20H17ClN2O5S2/c1-10(2)18(19(24)25)23-30(26,27)12-4-5-13-14-7-11(17-9-22-20(21)29-17)3-6-15(14)28-16(13)8-12/h3-10,18,23H,1-2H3,(H,24,25)/t18-/m0/s1. The quantitative estimate of drug-likeness (QED) is 0.426. The van der Waals surface area contributed by atoms with Crippen molar-refractivity contribution in [1.29, 1.82) is 0 Å². The van der Waals surface area contributed by atoms with Gasteiger partial charge in [-0.2, -0.15) is 4.72 Å². The van der Waals surface area contributed by atoms with Crippen LogP contribution in [0.4, 0.5) is 0 Å². The number of nitrogens with zero attached hydrogens (tertiary/aromatic N) is 1. The van der Waals surface area contributed by atoms with E-state index in [0.29, 0.717) is 15.6 Å². The molecule has 7 nitrogen and oxygen atoms in total. The predicted molar refractivity (Wildman–Crippen MR) is 116 cm³/mol. The fourth-order valence-electron chi connectivity index (χ4n) is 3.17. The predicted octanol–water partition coefficient (Wildman–Crippen LogP) is 4.75. The second-order valence-corrected chi connectivity index (χ2v) is 10.5. The van der Waals surface area contributed by atoms with E-state index in [-0.39, 0.29) is 4.90 Å². The number of aromatic nitrogens is 1. The summed E-state index contributed by atoms with van der Waals surface area (Å²) in [4.78, 5) is 16.3. The van der Waals surface area contributed by atoms with Crippen LogP contribution in [0.3, 0.4) is 0 Å². The van der Waals surface area contributed by atoms with E-state index in [9.17, 15) is 18.3 Å². The van der Waals surface area contributed by atoms with Crippen LogP contribution in [0.2, 0.25) is 4.47 Å². The molecule has 10 heteroatoms. The van der Waals surface area contributed by atoms with Gasteiger partial charge >= 0.3 is 5.97 Å². The first-order valence-electron chi connectivity index (χ1n) is 8.99. The molecule has 0 aliphatic carbocycles. The van der Waals surface area contributed by atoms with Crippen molar-refractivity contribution in [2.45, 2.75) is 24.8 Å². The molecule has 0 saturated heterocycles. The summed E-state index contributed by atoms with van der Waals surface area (Å²) in [5.74, 6) is -1.64. The van der Waals surface area contributed by atoms with Crippen LogP contribution in [-0.4, -0.2) is 30.5 Å². The Hall–Kier alpha value is -2.46. The number of benzene rings is 2. The Balaban J connectivity index is 1.76. The first kappa shape index (κ1) is 20.8. The highest BCUT2D eigenvalue weighted by Gasteiger charge is 2.28. The molecule has 0 radical (unpaired) electrons. The Morgan fingerprint density at radius 1 is 1.17 bits per heavy atom. The van der Waals surface area contributed by atoms with Crippen molar-refractivity contribution in [3.05, 3.63) is 47.1 Å². The number of hydrogen-bond acceptors (Lipinski definition) is 6. The lowest BCUT2D eigenvalue weighted by Gasteiger charge is -2.17. The number of halogens is 1. The van der Waals surface area contributed by atoms with Gasteiger partial charge in [0.15, 0.2) is 4.47 Å². The topological polar surface area (TPSA) is 110 Å². The number of nitrogens with one attached hydrogen (secondary N) is 1. The number of furan rings is 1. The monoisotopic (exact) mass is 464 g/mol. The first-order valence-corrected chi connectivity index (χ1v) is 11.7. The smallest absolute Gasteiger partial charge is 0.322 e. The van der Waals surface area contributed by atoms with E-state index in [1.165, 1.54) is 23.5 Å². The van der Waals surface area contributed by atoms with Crippen LogP contribution >= 0.6 is 22.9 Å². The summed E-state index contributed by atoms with van der Waals surface area (Å²) >= 11 is 7.29. The van der Waals surface area contributed by atoms with Gasteiger partial charge in [0, 0.05) is 23.0 Å². The van der Waals surface area contributed by atoms with Gasteiger partial charge < -0.3 is 9.52 Å². The number of fused-ring (bicyclic) bond motifs is 3. The molecule has 0 aliphatic heterocycles. The first-order chi connectivity index (χ1) is 14.2. The Morgan fingerprint density at radius 2 is 1.93 bits per heavy atom. The zero-order valence-corrected chi connectivity index (χ0v) is 18.3. The molecule has 30 heavy (non-hydrogen) atoms. The number of carbonyl (C=O) groups is 1. The molecule has 0 unspecified atom stereocenters. The zero-order valence-electron chi connectivity index (χ0n) is 15.9. The van der Waals surface area contributed by atoms with Gasteiger partial charge in [0.2, 0.25) is 10.0 Å². The highest BCUT2D eigenvalue weighted by Crippen LogP contribution is 2.35. The second-order valence-electron chi connectivity index (χ2n) is 7.13. The van der Waals surface area contributed by atoms with Gasteiger partial charge in [-0.1, -0.05) is 25.4 Å². The van der Waals surface area contributed by atoms with Gasteiger partial charge in [-0.25, -0.2) is 13.4 Å². The van der Waals surface area contributed by atoms with Crippen molar-refractivity contribution in [1.82, 2.24) is 9.71 Å². The SMILES string of the molecule is CC(C)[C@H](NS(=O)(=O)c1ccc2c(c1)oc1ccc(-c3cnc(Cl)s3)cc12)C(=O)O. The molecule has 2 N–H and O–H groups in total. The summed E-state index contributed by atoms with van der Waals surface area (Å²) in [6.07, 6.45) is 1.69. The minimum absolute atomic E-state index is 0.0598. The maximum atomic E-state index is 12.7. The second kappa shape index (κ2) is 7.66. The van der Waals surface area contributed by atoms with Crippen molar-refractivity contribution in [2.75, 3.05) is 0 Å². The lowest BCUT2D eigenvalue weighted by molar-refractivity contribution is -0.140. The van der Waals surface area contributed by atoms with Crippen molar-refractivity contribution < 1.29 is 22.7 Å². The minimum atomic E-state index is -4.04. The van der Waals surface area contributed by atoms with Crippen molar-refractivity contribution in [2.24, 2.45) is 5.92 Å². The van der Waals surface area contributed by atoms with Crippen LogP contribution < -0.4 is 4.72 Å². The highest BCUT2D eigenvalue weighted by atomic mass is 35.5. The third-order valence-corrected chi connectivity index (χ3v) is 7.33. The fraction of sp³-hybridized carbons (Fsp3) is 0.200. The normalized spacial score (nSPS) is 13.3. The summed E-state index contributed by atoms with van der Waals surface area (Å²) in [5, 5.41) is 10.9. The van der Waals surface area contributed by atoms with Crippen LogP contribution in [0.25, 0.3) is 32.4 Å². The number of rotatable bonds is 6. The number of carboxylic acid groups (broad SMARTS) is 1. The van der Waals surface area contributed by atoms with Crippen LogP contribution in [-0.2, 0) is 14.8 Å². The van der Waals surface area contributed by atoms with Crippen molar-refractivity contribution >= 4 is 60.9 Å². The summed E-state index contributed by atoms with van der Waals surface area (Å²) in [7, 11) is -4.04. The van der Waals surface area contributed by atoms with Gasteiger partial charge in [0.1, 0.15) is 17.2 Å². The van der Waals surface area contributed by atoms with Gasteiger partial charge in [-0.3, -0.25) is 4.79 Å². The average Bonchev–Trinajstić information content (AvgIpc) is 3.28. The minimum Gasteiger partial charge on any atom is -0.480 e. The zero-order chi connectivity index (χ0) is 21.6. The number of carboxylic acids is 1. The van der Waals surface area contributed by atoms with Crippen LogP contribution in [0.1, 0.15) is 13.8 Å². The van der Waals surface area contributed by atoms with E-state index in [4.69, 9.17) is 16.0 Å². The summed E-state index contributed by atoms with van der Waals surface area (Å²) in [6, 6.07) is 8.91. The summed E-state index contributed by atoms with van der Waals surface area (Å²) in [6.45, 7) is 3.27. The maximum absolute atomic E-state index is 12.7. The van der Waals surface area contributed by atoms with Crippen molar-refractivity contribution in [3.8, 4) is 10.4 Å². The van der Waals surface area contributed by atoms with E-state index in [1.807, 2.05) is 18.2 Å². The Bertz CT molecular complexity index is 1370. The fourth-order valence-corrected chi connectivity index (χ4v) is 5.46. The molecule has 4 aromatic rings. The van der Waals surface area contributed by atoms with Gasteiger partial charge in [-0.15, -0.1) is 11.3 Å². The molecular weight excluding hydrogens is 448 g/mol. The van der Waals surface area contributed by atoms with E-state index in [0.717, 1.165) is 21.2 Å². The Kier molecular flexibility index (Phi) is 5.31. The Labute approximate surface area is 181 Å². The lowest BCUT2D eigenvalue weighted by Crippen LogP contribution is -2.44. The molecule has 0 amide bonds. The van der Waals surface area contributed by atoms with E-state index >= 15 is 0 Å². The molecule has 4 rings (SSSR count). The molecule has 2 aromatic carbocycles. The van der Waals surface area contributed by atoms with Gasteiger partial charge in [-0.05, 0) is 41.8 Å². The molecule has 0 fully saturated rings. The molecule has 0 saturated carbocycles. The van der Waals surface area contributed by atoms with Crippen molar-refractivity contribution in [3.63, 3.8) is 0 Å². The summed E-state index contributed by atoms with van der Waals surface area (Å²) in [5.41, 5.74) is 1.93. The van der Waals surface area contributed by atoms with E-state index < -0.39 is 28.0 Å². The van der Waals surface area contributed by atoms with Crippen LogP contribution in [0, 0.1) is 5.92 Å². The number of hydrogen-bond donors (Lipinski definition) is 2. The molecule has 0 aliphatic rings. The maximum Gasteiger partial charge on any atom is 0.322 e. The number of sulfonamides is 1. The largest absolute Gasteiger partial charge is 0.480 e. The molecule has 156 valence electrons. The molecular formula is C20H17ClN2O5S2. The molecule has 0 spiro atoms. The average molecular weight is 465 g/mol. The highest BCUT2D eigenvalue weighted by molar-refractivity contribution is 7.89. The number of thiazole rings is 1. The Morgan fingerprint density at radius 3 is 2.57 bits per heavy atom. The number of aliphatic carboxylic acids is 1. The molecule has 2 aromatic heterocycles.